The van der Waals surface area contributed by atoms with Gasteiger partial charge in [0.2, 0.25) is 0 Å². The van der Waals surface area contributed by atoms with Crippen LogP contribution in [-0.4, -0.2) is 12.5 Å². The Kier molecular flexibility index (Phi) is 5.53. The van der Waals surface area contributed by atoms with E-state index in [-0.39, 0.29) is 5.91 Å². The lowest BCUT2D eigenvalue weighted by atomic mass is 10.0. The van der Waals surface area contributed by atoms with Crippen LogP contribution >= 0.6 is 0 Å². The second kappa shape index (κ2) is 8.57. The van der Waals surface area contributed by atoms with Crippen molar-refractivity contribution in [2.45, 2.75) is 19.4 Å². The van der Waals surface area contributed by atoms with Crippen LogP contribution in [0.5, 0.6) is 5.75 Å². The van der Waals surface area contributed by atoms with E-state index in [0.29, 0.717) is 6.61 Å². The molecule has 3 aromatic carbocycles. The zero-order valence-corrected chi connectivity index (χ0v) is 15.8. The molecule has 0 unspecified atom stereocenters. The zero-order chi connectivity index (χ0) is 19.2. The Morgan fingerprint density at radius 2 is 1.68 bits per heavy atom. The number of ether oxygens (including phenoxy) is 1. The first kappa shape index (κ1) is 18.1. The van der Waals surface area contributed by atoms with Gasteiger partial charge in [-0.05, 0) is 53.8 Å². The molecule has 3 aromatic rings. The highest BCUT2D eigenvalue weighted by Crippen LogP contribution is 2.27. The third-order valence-electron chi connectivity index (χ3n) is 4.92. The fourth-order valence-electron chi connectivity index (χ4n) is 3.44. The Hall–Kier alpha value is -3.33. The van der Waals surface area contributed by atoms with Gasteiger partial charge in [-0.1, -0.05) is 60.7 Å². The van der Waals surface area contributed by atoms with Crippen molar-refractivity contribution in [1.82, 2.24) is 0 Å². The largest absolute Gasteiger partial charge is 0.489 e. The number of benzene rings is 3. The minimum absolute atomic E-state index is 0.0246. The maximum atomic E-state index is 12.7. The lowest BCUT2D eigenvalue weighted by Crippen LogP contribution is -2.34. The number of hydrogen-bond acceptors (Lipinski definition) is 2. The van der Waals surface area contributed by atoms with Crippen molar-refractivity contribution >= 4 is 17.7 Å². The summed E-state index contributed by atoms with van der Waals surface area (Å²) >= 11 is 0. The van der Waals surface area contributed by atoms with E-state index in [1.54, 1.807) is 6.08 Å². The van der Waals surface area contributed by atoms with Crippen molar-refractivity contribution in [3.63, 3.8) is 0 Å². The van der Waals surface area contributed by atoms with Crippen molar-refractivity contribution in [3.05, 3.63) is 102 Å². The molecule has 0 saturated heterocycles. The standard InChI is InChI=1S/C25H23NO2/c27-25(26-18-6-10-22-9-4-5-11-24(22)26)17-14-20-12-15-23(16-13-20)28-19-21-7-2-1-3-8-21/h1-5,7-9,11-17H,6,10,18-19H2/b17-14+. The van der Waals surface area contributed by atoms with Gasteiger partial charge in [-0.25, -0.2) is 0 Å². The molecule has 0 atom stereocenters. The van der Waals surface area contributed by atoms with E-state index in [2.05, 4.69) is 6.07 Å². The number of anilines is 1. The SMILES string of the molecule is O=C(/C=C/c1ccc(OCc2ccccc2)cc1)N1CCCc2ccccc21. The van der Waals surface area contributed by atoms with Crippen LogP contribution in [0, 0.1) is 0 Å². The number of aryl methyl sites for hydroxylation is 1. The summed E-state index contributed by atoms with van der Waals surface area (Å²) in [7, 11) is 0. The molecule has 1 aliphatic heterocycles. The Morgan fingerprint density at radius 3 is 2.50 bits per heavy atom. The molecule has 3 nitrogen and oxygen atoms in total. The highest BCUT2D eigenvalue weighted by Gasteiger charge is 2.20. The first-order chi connectivity index (χ1) is 13.8. The van der Waals surface area contributed by atoms with Gasteiger partial charge < -0.3 is 9.64 Å². The molecule has 0 spiro atoms. The van der Waals surface area contributed by atoms with E-state index in [0.717, 1.165) is 42.0 Å². The molecular weight excluding hydrogens is 346 g/mol. The van der Waals surface area contributed by atoms with Gasteiger partial charge in [-0.15, -0.1) is 0 Å². The maximum absolute atomic E-state index is 12.7. The number of hydrogen-bond donors (Lipinski definition) is 0. The monoisotopic (exact) mass is 369 g/mol. The Morgan fingerprint density at radius 1 is 0.929 bits per heavy atom. The topological polar surface area (TPSA) is 29.5 Å². The van der Waals surface area contributed by atoms with Crippen molar-refractivity contribution in [2.75, 3.05) is 11.4 Å². The molecule has 0 N–H and O–H groups in total. The lowest BCUT2D eigenvalue weighted by Gasteiger charge is -2.28. The zero-order valence-electron chi connectivity index (χ0n) is 15.8. The number of para-hydroxylation sites is 1. The molecule has 1 amide bonds. The molecule has 0 aliphatic carbocycles. The highest BCUT2D eigenvalue weighted by atomic mass is 16.5. The number of carbonyl (C=O) groups excluding carboxylic acids is 1. The summed E-state index contributed by atoms with van der Waals surface area (Å²) in [4.78, 5) is 14.5. The van der Waals surface area contributed by atoms with E-state index in [1.807, 2.05) is 83.8 Å². The fourth-order valence-corrected chi connectivity index (χ4v) is 3.44. The summed E-state index contributed by atoms with van der Waals surface area (Å²) < 4.78 is 5.81. The summed E-state index contributed by atoms with van der Waals surface area (Å²) in [6.07, 6.45) is 5.56. The van der Waals surface area contributed by atoms with Gasteiger partial charge >= 0.3 is 0 Å². The van der Waals surface area contributed by atoms with Gasteiger partial charge in [0.25, 0.3) is 5.91 Å². The third kappa shape index (κ3) is 4.32. The molecule has 3 heteroatoms. The predicted octanol–water partition coefficient (Wildman–Crippen LogP) is 5.26. The first-order valence-electron chi connectivity index (χ1n) is 9.64. The minimum atomic E-state index is 0.0246. The Balaban J connectivity index is 1.38. The van der Waals surface area contributed by atoms with Crippen LogP contribution in [0.4, 0.5) is 5.69 Å². The Labute approximate surface area is 165 Å². The number of nitrogens with zero attached hydrogens (tertiary/aromatic N) is 1. The summed E-state index contributed by atoms with van der Waals surface area (Å²) in [5, 5.41) is 0. The molecule has 1 aliphatic rings. The smallest absolute Gasteiger partial charge is 0.250 e. The summed E-state index contributed by atoms with van der Waals surface area (Å²) in [6, 6.07) is 26.0. The van der Waals surface area contributed by atoms with Crippen LogP contribution in [0.15, 0.2) is 84.9 Å². The van der Waals surface area contributed by atoms with Gasteiger partial charge in [0.1, 0.15) is 12.4 Å². The van der Waals surface area contributed by atoms with Gasteiger partial charge in [0, 0.05) is 18.3 Å². The second-order valence-electron chi connectivity index (χ2n) is 6.90. The highest BCUT2D eigenvalue weighted by molar-refractivity contribution is 6.04. The molecule has 0 bridgehead atoms. The van der Waals surface area contributed by atoms with Crippen molar-refractivity contribution < 1.29 is 9.53 Å². The number of amides is 1. The van der Waals surface area contributed by atoms with Crippen LogP contribution in [0.2, 0.25) is 0 Å². The van der Waals surface area contributed by atoms with Gasteiger partial charge in [-0.2, -0.15) is 0 Å². The molecule has 4 rings (SSSR count). The van der Waals surface area contributed by atoms with Crippen LogP contribution in [0.1, 0.15) is 23.1 Å². The predicted molar refractivity (Wildman–Crippen MR) is 113 cm³/mol. The summed E-state index contributed by atoms with van der Waals surface area (Å²) in [5.74, 6) is 0.842. The summed E-state index contributed by atoms with van der Waals surface area (Å²) in [5.41, 5.74) is 4.40. The molecule has 140 valence electrons. The first-order valence-corrected chi connectivity index (χ1v) is 9.64. The molecule has 0 aromatic heterocycles. The van der Waals surface area contributed by atoms with E-state index in [1.165, 1.54) is 5.56 Å². The normalized spacial score (nSPS) is 13.4. The van der Waals surface area contributed by atoms with E-state index < -0.39 is 0 Å². The van der Waals surface area contributed by atoms with Crippen molar-refractivity contribution in [2.24, 2.45) is 0 Å². The molecule has 1 heterocycles. The van der Waals surface area contributed by atoms with E-state index in [4.69, 9.17) is 4.74 Å². The number of carbonyl (C=O) groups is 1. The van der Waals surface area contributed by atoms with Gasteiger partial charge in [-0.3, -0.25) is 4.79 Å². The number of rotatable bonds is 5. The molecular formula is C25H23NO2. The van der Waals surface area contributed by atoms with E-state index >= 15 is 0 Å². The average Bonchev–Trinajstić information content (AvgIpc) is 2.77. The van der Waals surface area contributed by atoms with Crippen molar-refractivity contribution in [3.8, 4) is 5.75 Å². The molecule has 0 radical (unpaired) electrons. The maximum Gasteiger partial charge on any atom is 0.250 e. The lowest BCUT2D eigenvalue weighted by molar-refractivity contribution is -0.114. The average molecular weight is 369 g/mol. The molecule has 0 saturated carbocycles. The molecule has 28 heavy (non-hydrogen) atoms. The van der Waals surface area contributed by atoms with Crippen molar-refractivity contribution in [1.29, 1.82) is 0 Å². The fraction of sp³-hybridized carbons (Fsp3) is 0.160. The van der Waals surface area contributed by atoms with Gasteiger partial charge in [0.15, 0.2) is 0 Å². The second-order valence-corrected chi connectivity index (χ2v) is 6.90. The molecule has 0 fully saturated rings. The quantitative estimate of drug-likeness (QED) is 0.574. The van der Waals surface area contributed by atoms with E-state index in [9.17, 15) is 4.79 Å². The van der Waals surface area contributed by atoms with Crippen LogP contribution < -0.4 is 9.64 Å². The van der Waals surface area contributed by atoms with Gasteiger partial charge in [0.05, 0.1) is 0 Å². The van der Waals surface area contributed by atoms with Crippen LogP contribution in [0.3, 0.4) is 0 Å². The Bertz CT molecular complexity index is 961. The van der Waals surface area contributed by atoms with Crippen LogP contribution in [-0.2, 0) is 17.8 Å². The van der Waals surface area contributed by atoms with Crippen LogP contribution in [0.25, 0.3) is 6.08 Å². The third-order valence-corrected chi connectivity index (χ3v) is 4.92. The number of fused-ring (bicyclic) bond motifs is 1. The summed E-state index contributed by atoms with van der Waals surface area (Å²) in [6.45, 7) is 1.31. The minimum Gasteiger partial charge on any atom is -0.489 e.